The van der Waals surface area contributed by atoms with Gasteiger partial charge in [0, 0.05) is 24.8 Å². The molecule has 0 spiro atoms. The second-order valence-corrected chi connectivity index (χ2v) is 8.37. The summed E-state index contributed by atoms with van der Waals surface area (Å²) in [6.45, 7) is 3.01. The van der Waals surface area contributed by atoms with Crippen LogP contribution in [0.25, 0.3) is 22.6 Å². The van der Waals surface area contributed by atoms with Crippen LogP contribution in [-0.2, 0) is 16.6 Å². The molecule has 4 rings (SSSR count). The van der Waals surface area contributed by atoms with Crippen LogP contribution in [0, 0.1) is 0 Å². The molecule has 4 aromatic rings. The van der Waals surface area contributed by atoms with Crippen LogP contribution in [0.15, 0.2) is 77.8 Å². The minimum absolute atomic E-state index is 0.197. The van der Waals surface area contributed by atoms with Crippen molar-refractivity contribution < 1.29 is 13.2 Å². The monoisotopic (exact) mass is 422 g/mol. The summed E-state index contributed by atoms with van der Waals surface area (Å²) in [5, 5.41) is 0. The van der Waals surface area contributed by atoms with Crippen molar-refractivity contribution in [3.63, 3.8) is 0 Å². The molecule has 0 aliphatic carbocycles. The normalized spacial score (nSPS) is 11.6. The van der Waals surface area contributed by atoms with Gasteiger partial charge in [-0.15, -0.1) is 0 Å². The zero-order chi connectivity index (χ0) is 21.0. The molecule has 0 saturated carbocycles. The van der Waals surface area contributed by atoms with Crippen LogP contribution >= 0.6 is 0 Å². The molecule has 8 heteroatoms. The molecule has 7 nitrogen and oxygen atoms in total. The molecule has 0 aliphatic heterocycles. The third-order valence-corrected chi connectivity index (χ3v) is 6.09. The third kappa shape index (κ3) is 4.19. The molecule has 0 amide bonds. The number of aromatic nitrogens is 3. The molecule has 30 heavy (non-hydrogen) atoms. The van der Waals surface area contributed by atoms with Crippen molar-refractivity contribution in [3.8, 4) is 17.1 Å². The van der Waals surface area contributed by atoms with E-state index in [1.807, 2.05) is 54.0 Å². The lowest BCUT2D eigenvalue weighted by atomic mass is 10.2. The molecule has 0 bridgehead atoms. The van der Waals surface area contributed by atoms with Crippen molar-refractivity contribution in [1.29, 1.82) is 0 Å². The molecule has 0 atom stereocenters. The third-order valence-electron chi connectivity index (χ3n) is 4.61. The predicted molar refractivity (Wildman–Crippen MR) is 116 cm³/mol. The Kier molecular flexibility index (Phi) is 5.78. The number of rotatable bonds is 8. The Morgan fingerprint density at radius 2 is 1.77 bits per heavy atom. The highest BCUT2D eigenvalue weighted by molar-refractivity contribution is 7.89. The predicted octanol–water partition coefficient (Wildman–Crippen LogP) is 3.48. The second kappa shape index (κ2) is 8.64. The fourth-order valence-corrected chi connectivity index (χ4v) is 4.26. The first-order valence-corrected chi connectivity index (χ1v) is 11.2. The van der Waals surface area contributed by atoms with Crippen LogP contribution < -0.4 is 9.46 Å². The summed E-state index contributed by atoms with van der Waals surface area (Å²) in [6, 6.07) is 19.9. The lowest BCUT2D eigenvalue weighted by Gasteiger charge is -2.11. The fourth-order valence-electron chi connectivity index (χ4n) is 3.23. The van der Waals surface area contributed by atoms with Crippen LogP contribution in [0.3, 0.4) is 0 Å². The molecule has 2 aromatic heterocycles. The summed E-state index contributed by atoms with van der Waals surface area (Å²) < 4.78 is 35.3. The maximum atomic E-state index is 12.7. The van der Waals surface area contributed by atoms with E-state index in [1.165, 1.54) is 12.1 Å². The lowest BCUT2D eigenvalue weighted by molar-refractivity contribution is 0.340. The molecular formula is C22H22N4O3S. The number of hydrogen-bond donors (Lipinski definition) is 1. The summed E-state index contributed by atoms with van der Waals surface area (Å²) in [7, 11) is -3.64. The highest BCUT2D eigenvalue weighted by Gasteiger charge is 2.16. The van der Waals surface area contributed by atoms with Gasteiger partial charge in [-0.1, -0.05) is 30.3 Å². The van der Waals surface area contributed by atoms with E-state index in [-0.39, 0.29) is 11.4 Å². The van der Waals surface area contributed by atoms with Gasteiger partial charge in [-0.25, -0.2) is 23.1 Å². The van der Waals surface area contributed by atoms with Gasteiger partial charge in [-0.05, 0) is 43.3 Å². The van der Waals surface area contributed by atoms with E-state index in [9.17, 15) is 8.42 Å². The first kappa shape index (κ1) is 20.1. The van der Waals surface area contributed by atoms with Crippen molar-refractivity contribution in [3.05, 3.63) is 72.9 Å². The quantitative estimate of drug-likeness (QED) is 0.470. The molecule has 2 aromatic carbocycles. The Bertz CT molecular complexity index is 1240. The van der Waals surface area contributed by atoms with E-state index in [1.54, 1.807) is 18.3 Å². The van der Waals surface area contributed by atoms with Crippen LogP contribution in [0.2, 0.25) is 0 Å². The molecule has 0 radical (unpaired) electrons. The van der Waals surface area contributed by atoms with Crippen molar-refractivity contribution in [1.82, 2.24) is 19.3 Å². The van der Waals surface area contributed by atoms with Crippen molar-refractivity contribution in [2.45, 2.75) is 18.4 Å². The van der Waals surface area contributed by atoms with E-state index in [0.29, 0.717) is 18.9 Å². The van der Waals surface area contributed by atoms with Gasteiger partial charge in [0.25, 0.3) is 0 Å². The molecule has 1 N–H and O–H groups in total. The number of benzene rings is 2. The second-order valence-electron chi connectivity index (χ2n) is 6.60. The molecular weight excluding hydrogens is 400 g/mol. The zero-order valence-electron chi connectivity index (χ0n) is 16.5. The maximum absolute atomic E-state index is 12.7. The summed E-state index contributed by atoms with van der Waals surface area (Å²) in [6.07, 6.45) is 1.71. The summed E-state index contributed by atoms with van der Waals surface area (Å²) >= 11 is 0. The highest BCUT2D eigenvalue weighted by atomic mass is 32.2. The largest absolute Gasteiger partial charge is 0.494 e. The first-order valence-electron chi connectivity index (χ1n) is 9.67. The van der Waals surface area contributed by atoms with Gasteiger partial charge >= 0.3 is 0 Å². The average Bonchev–Trinajstić information content (AvgIpc) is 3.14. The Morgan fingerprint density at radius 1 is 1.00 bits per heavy atom. The van der Waals surface area contributed by atoms with Crippen molar-refractivity contribution in [2.75, 3.05) is 13.2 Å². The summed E-state index contributed by atoms with van der Waals surface area (Å²) in [4.78, 5) is 9.33. The van der Waals surface area contributed by atoms with Crippen LogP contribution in [0.5, 0.6) is 5.75 Å². The van der Waals surface area contributed by atoms with Crippen molar-refractivity contribution in [2.24, 2.45) is 0 Å². The Balaban J connectivity index is 1.55. The minimum Gasteiger partial charge on any atom is -0.494 e. The van der Waals surface area contributed by atoms with Crippen molar-refractivity contribution >= 4 is 21.2 Å². The number of nitrogens with zero attached hydrogens (tertiary/aromatic N) is 3. The van der Waals surface area contributed by atoms with Gasteiger partial charge in [0.1, 0.15) is 17.1 Å². The van der Waals surface area contributed by atoms with E-state index in [2.05, 4.69) is 9.71 Å². The van der Waals surface area contributed by atoms with Gasteiger partial charge in [0.2, 0.25) is 10.0 Å². The number of pyridine rings is 1. The highest BCUT2D eigenvalue weighted by Crippen LogP contribution is 2.23. The molecule has 154 valence electrons. The number of hydrogen-bond acceptors (Lipinski definition) is 5. The van der Waals surface area contributed by atoms with Gasteiger partial charge in [-0.3, -0.25) is 0 Å². The molecule has 0 aliphatic rings. The topological polar surface area (TPSA) is 86.1 Å². The molecule has 0 saturated heterocycles. The Labute approximate surface area is 175 Å². The van der Waals surface area contributed by atoms with Gasteiger partial charge < -0.3 is 9.30 Å². The van der Waals surface area contributed by atoms with E-state index in [0.717, 1.165) is 22.6 Å². The number of fused-ring (bicyclic) bond motifs is 1. The fraction of sp³-hybridized carbons (Fsp3) is 0.182. The van der Waals surface area contributed by atoms with E-state index >= 15 is 0 Å². The van der Waals surface area contributed by atoms with Gasteiger partial charge in [-0.2, -0.15) is 0 Å². The standard InChI is InChI=1S/C22H22N4O3S/c1-2-29-18-10-12-19(13-11-18)30(27,28)24-15-16-26-21(17-7-4-3-5-8-17)25-20-9-6-14-23-22(20)26/h3-14,24H,2,15-16H2,1H3. The number of imidazole rings is 1. The smallest absolute Gasteiger partial charge is 0.240 e. The van der Waals surface area contributed by atoms with E-state index in [4.69, 9.17) is 9.72 Å². The Hall–Kier alpha value is -3.23. The van der Waals surface area contributed by atoms with Gasteiger partial charge in [0.05, 0.1) is 11.5 Å². The van der Waals surface area contributed by atoms with Crippen LogP contribution in [-0.4, -0.2) is 36.1 Å². The van der Waals surface area contributed by atoms with Crippen LogP contribution in [0.1, 0.15) is 6.92 Å². The van der Waals surface area contributed by atoms with E-state index < -0.39 is 10.0 Å². The first-order chi connectivity index (χ1) is 14.6. The average molecular weight is 423 g/mol. The summed E-state index contributed by atoms with van der Waals surface area (Å²) in [5.41, 5.74) is 2.44. The zero-order valence-corrected chi connectivity index (χ0v) is 17.3. The van der Waals surface area contributed by atoms with Gasteiger partial charge in [0.15, 0.2) is 5.65 Å². The molecule has 0 fully saturated rings. The molecule has 2 heterocycles. The molecule has 0 unspecified atom stereocenters. The van der Waals surface area contributed by atoms with Crippen LogP contribution in [0.4, 0.5) is 0 Å². The summed E-state index contributed by atoms with van der Waals surface area (Å²) in [5.74, 6) is 1.39. The maximum Gasteiger partial charge on any atom is 0.240 e. The number of sulfonamides is 1. The minimum atomic E-state index is -3.64. The lowest BCUT2D eigenvalue weighted by Crippen LogP contribution is -2.27. The Morgan fingerprint density at radius 3 is 2.50 bits per heavy atom. The number of nitrogens with one attached hydrogen (secondary N) is 1. The SMILES string of the molecule is CCOc1ccc(S(=O)(=O)NCCn2c(-c3ccccc3)nc3cccnc32)cc1. The number of ether oxygens (including phenoxy) is 1.